The van der Waals surface area contributed by atoms with Crippen molar-refractivity contribution < 1.29 is 22.9 Å². The molecule has 0 aliphatic rings. The Morgan fingerprint density at radius 2 is 1.67 bits per heavy atom. The Kier molecular flexibility index (Phi) is 3.88. The average Bonchev–Trinajstić information content (AvgIpc) is 2.43. The predicted octanol–water partition coefficient (Wildman–Crippen LogP) is 3.26. The SMILES string of the molecule is O=C(Nc1ccc(F)c(F)c1)c1ccc(F)c([N+](=O)[O-])c1. The van der Waals surface area contributed by atoms with E-state index in [2.05, 4.69) is 5.32 Å². The van der Waals surface area contributed by atoms with E-state index < -0.39 is 34.0 Å². The van der Waals surface area contributed by atoms with Gasteiger partial charge in [-0.15, -0.1) is 0 Å². The molecule has 8 heteroatoms. The van der Waals surface area contributed by atoms with Crippen LogP contribution in [-0.4, -0.2) is 10.8 Å². The molecule has 0 unspecified atom stereocenters. The zero-order valence-electron chi connectivity index (χ0n) is 10.3. The van der Waals surface area contributed by atoms with Crippen molar-refractivity contribution >= 4 is 17.3 Å². The Bertz CT molecular complexity index is 735. The molecule has 0 atom stereocenters. The van der Waals surface area contributed by atoms with Crippen LogP contribution in [0.2, 0.25) is 0 Å². The maximum Gasteiger partial charge on any atom is 0.305 e. The number of anilines is 1. The highest BCUT2D eigenvalue weighted by molar-refractivity contribution is 6.04. The number of nitro benzene ring substituents is 1. The van der Waals surface area contributed by atoms with Crippen LogP contribution in [0.25, 0.3) is 0 Å². The summed E-state index contributed by atoms with van der Waals surface area (Å²) in [4.78, 5) is 21.4. The molecule has 0 aliphatic carbocycles. The van der Waals surface area contributed by atoms with Crippen molar-refractivity contribution in [1.29, 1.82) is 0 Å². The summed E-state index contributed by atoms with van der Waals surface area (Å²) < 4.78 is 38.9. The minimum atomic E-state index is -1.15. The summed E-state index contributed by atoms with van der Waals surface area (Å²) in [5, 5.41) is 12.8. The van der Waals surface area contributed by atoms with Gasteiger partial charge in [-0.05, 0) is 24.3 Å². The maximum atomic E-state index is 13.1. The lowest BCUT2D eigenvalue weighted by Crippen LogP contribution is -2.12. The van der Waals surface area contributed by atoms with Crippen LogP contribution in [0.3, 0.4) is 0 Å². The number of halogens is 3. The number of nitro groups is 1. The smallest absolute Gasteiger partial charge is 0.305 e. The minimum absolute atomic E-state index is 0.0362. The van der Waals surface area contributed by atoms with E-state index in [9.17, 15) is 28.1 Å². The predicted molar refractivity (Wildman–Crippen MR) is 67.4 cm³/mol. The number of nitrogens with zero attached hydrogens (tertiary/aromatic N) is 1. The van der Waals surface area contributed by atoms with Crippen molar-refractivity contribution in [3.05, 3.63) is 69.5 Å². The number of benzene rings is 2. The van der Waals surface area contributed by atoms with Crippen LogP contribution in [0.1, 0.15) is 10.4 Å². The van der Waals surface area contributed by atoms with Gasteiger partial charge >= 0.3 is 5.69 Å². The highest BCUT2D eigenvalue weighted by Gasteiger charge is 2.17. The zero-order chi connectivity index (χ0) is 15.6. The second kappa shape index (κ2) is 5.61. The molecule has 2 aromatic rings. The molecule has 0 aliphatic heterocycles. The normalized spacial score (nSPS) is 10.2. The first-order chi connectivity index (χ1) is 9.88. The Labute approximate surface area is 116 Å². The summed E-state index contributed by atoms with van der Waals surface area (Å²) >= 11 is 0. The fraction of sp³-hybridized carbons (Fsp3) is 0. The first-order valence-electron chi connectivity index (χ1n) is 5.59. The first-order valence-corrected chi connectivity index (χ1v) is 5.59. The molecule has 108 valence electrons. The molecular formula is C13H7F3N2O3. The largest absolute Gasteiger partial charge is 0.322 e. The topological polar surface area (TPSA) is 72.2 Å². The van der Waals surface area contributed by atoms with E-state index in [0.29, 0.717) is 0 Å². The van der Waals surface area contributed by atoms with Crippen LogP contribution in [0.4, 0.5) is 24.5 Å². The lowest BCUT2D eigenvalue weighted by atomic mass is 10.1. The lowest BCUT2D eigenvalue weighted by Gasteiger charge is -2.06. The van der Waals surface area contributed by atoms with Gasteiger partial charge in [0.25, 0.3) is 5.91 Å². The fourth-order valence-electron chi connectivity index (χ4n) is 1.57. The Hall–Kier alpha value is -2.90. The third-order valence-electron chi connectivity index (χ3n) is 2.58. The third kappa shape index (κ3) is 3.16. The first kappa shape index (κ1) is 14.5. The summed E-state index contributed by atoms with van der Waals surface area (Å²) in [7, 11) is 0. The van der Waals surface area contributed by atoms with Crippen molar-refractivity contribution in [1.82, 2.24) is 0 Å². The summed E-state index contributed by atoms with van der Waals surface area (Å²) in [6, 6.07) is 5.26. The highest BCUT2D eigenvalue weighted by Crippen LogP contribution is 2.20. The monoisotopic (exact) mass is 296 g/mol. The van der Waals surface area contributed by atoms with E-state index in [1.807, 2.05) is 0 Å². The van der Waals surface area contributed by atoms with Gasteiger partial charge in [0.15, 0.2) is 11.6 Å². The molecule has 0 fully saturated rings. The van der Waals surface area contributed by atoms with E-state index in [-0.39, 0.29) is 11.3 Å². The molecule has 0 spiro atoms. The van der Waals surface area contributed by atoms with Crippen LogP contribution in [-0.2, 0) is 0 Å². The Morgan fingerprint density at radius 1 is 1.00 bits per heavy atom. The van der Waals surface area contributed by atoms with Gasteiger partial charge in [0.1, 0.15) is 0 Å². The molecule has 21 heavy (non-hydrogen) atoms. The van der Waals surface area contributed by atoms with Crippen molar-refractivity contribution in [2.45, 2.75) is 0 Å². The van der Waals surface area contributed by atoms with Crippen molar-refractivity contribution in [2.24, 2.45) is 0 Å². The standard InChI is InChI=1S/C13H7F3N2O3/c14-9-4-2-8(6-11(9)16)17-13(19)7-1-3-10(15)12(5-7)18(20)21/h1-6H,(H,17,19). The molecule has 0 radical (unpaired) electrons. The zero-order valence-corrected chi connectivity index (χ0v) is 10.3. The molecule has 2 aromatic carbocycles. The number of hydrogen-bond acceptors (Lipinski definition) is 3. The van der Waals surface area contributed by atoms with Crippen LogP contribution >= 0.6 is 0 Å². The number of carbonyl (C=O) groups excluding carboxylic acids is 1. The average molecular weight is 296 g/mol. The van der Waals surface area contributed by atoms with Crippen LogP contribution in [0, 0.1) is 27.6 Å². The second-order valence-electron chi connectivity index (χ2n) is 4.01. The molecule has 2 rings (SSSR count). The van der Waals surface area contributed by atoms with Gasteiger partial charge in [-0.2, -0.15) is 4.39 Å². The van der Waals surface area contributed by atoms with E-state index in [1.165, 1.54) is 0 Å². The quantitative estimate of drug-likeness (QED) is 0.698. The summed E-state index contributed by atoms with van der Waals surface area (Å²) in [6.45, 7) is 0. The number of nitrogens with one attached hydrogen (secondary N) is 1. The summed E-state index contributed by atoms with van der Waals surface area (Å²) in [6.07, 6.45) is 0. The Balaban J connectivity index is 2.26. The summed E-state index contributed by atoms with van der Waals surface area (Å²) in [5.41, 5.74) is -1.08. The summed E-state index contributed by atoms with van der Waals surface area (Å²) in [5.74, 6) is -4.13. The molecule has 5 nitrogen and oxygen atoms in total. The van der Waals surface area contributed by atoms with Crippen molar-refractivity contribution in [2.75, 3.05) is 5.32 Å². The maximum absolute atomic E-state index is 13.1. The van der Waals surface area contributed by atoms with Gasteiger partial charge in [-0.1, -0.05) is 0 Å². The van der Waals surface area contributed by atoms with Gasteiger partial charge in [0.2, 0.25) is 5.82 Å². The van der Waals surface area contributed by atoms with Crippen LogP contribution < -0.4 is 5.32 Å². The minimum Gasteiger partial charge on any atom is -0.322 e. The lowest BCUT2D eigenvalue weighted by molar-refractivity contribution is -0.387. The van der Waals surface area contributed by atoms with Gasteiger partial charge in [-0.3, -0.25) is 14.9 Å². The number of carbonyl (C=O) groups is 1. The number of rotatable bonds is 3. The molecule has 0 bridgehead atoms. The van der Waals surface area contributed by atoms with E-state index in [0.717, 1.165) is 36.4 Å². The number of hydrogen-bond donors (Lipinski definition) is 1. The molecule has 1 N–H and O–H groups in total. The van der Waals surface area contributed by atoms with Crippen LogP contribution in [0.5, 0.6) is 0 Å². The van der Waals surface area contributed by atoms with E-state index in [1.54, 1.807) is 0 Å². The van der Waals surface area contributed by atoms with Crippen molar-refractivity contribution in [3.8, 4) is 0 Å². The van der Waals surface area contributed by atoms with Crippen LogP contribution in [0.15, 0.2) is 36.4 Å². The molecule has 0 saturated heterocycles. The second-order valence-corrected chi connectivity index (χ2v) is 4.01. The van der Waals surface area contributed by atoms with Crippen molar-refractivity contribution in [3.63, 3.8) is 0 Å². The van der Waals surface area contributed by atoms with E-state index in [4.69, 9.17) is 0 Å². The molecule has 1 amide bonds. The van der Waals surface area contributed by atoms with Gasteiger partial charge in [0, 0.05) is 23.4 Å². The highest BCUT2D eigenvalue weighted by atomic mass is 19.2. The molecular weight excluding hydrogens is 289 g/mol. The molecule has 0 aromatic heterocycles. The van der Waals surface area contributed by atoms with Gasteiger partial charge < -0.3 is 5.32 Å². The van der Waals surface area contributed by atoms with E-state index >= 15 is 0 Å². The molecule has 0 saturated carbocycles. The van der Waals surface area contributed by atoms with Gasteiger partial charge in [0.05, 0.1) is 4.92 Å². The fourth-order valence-corrected chi connectivity index (χ4v) is 1.57. The Morgan fingerprint density at radius 3 is 2.29 bits per heavy atom. The molecule has 0 heterocycles. The third-order valence-corrected chi connectivity index (χ3v) is 2.58. The van der Waals surface area contributed by atoms with Gasteiger partial charge in [-0.25, -0.2) is 8.78 Å². The number of amides is 1.